The van der Waals surface area contributed by atoms with E-state index in [1.54, 1.807) is 6.08 Å². The van der Waals surface area contributed by atoms with Crippen LogP contribution in [0.4, 0.5) is 0 Å². The molecule has 0 aromatic heterocycles. The first-order chi connectivity index (χ1) is 19.4. The Morgan fingerprint density at radius 1 is 0.800 bits per heavy atom. The molecule has 40 heavy (non-hydrogen) atoms. The van der Waals surface area contributed by atoms with Crippen molar-refractivity contribution in [1.82, 2.24) is 5.32 Å². The van der Waals surface area contributed by atoms with Gasteiger partial charge in [0.1, 0.15) is 0 Å². The third kappa shape index (κ3) is 26.2. The SMILES string of the molecule is CCCCCCCCCCCC/C=C/C(O)C(COP(=O)(O)OCCN)NC(=O)CCCCCCCCCCC. The number of carbonyl (C=O) groups is 1. The fourth-order valence-electron chi connectivity index (χ4n) is 4.60. The van der Waals surface area contributed by atoms with E-state index in [9.17, 15) is 19.4 Å². The van der Waals surface area contributed by atoms with Gasteiger partial charge < -0.3 is 21.1 Å². The van der Waals surface area contributed by atoms with Crippen LogP contribution in [-0.2, 0) is 18.4 Å². The zero-order chi connectivity index (χ0) is 29.7. The number of nitrogens with two attached hydrogens (primary N) is 1. The van der Waals surface area contributed by atoms with Crippen LogP contribution in [0.1, 0.15) is 149 Å². The van der Waals surface area contributed by atoms with E-state index in [2.05, 4.69) is 19.2 Å². The summed E-state index contributed by atoms with van der Waals surface area (Å²) >= 11 is 0. The molecule has 0 bridgehead atoms. The number of amides is 1. The van der Waals surface area contributed by atoms with Gasteiger partial charge in [0.2, 0.25) is 5.91 Å². The summed E-state index contributed by atoms with van der Waals surface area (Å²) in [5.41, 5.74) is 5.33. The Kier molecular flexibility index (Phi) is 27.8. The van der Waals surface area contributed by atoms with Gasteiger partial charge in [-0.25, -0.2) is 4.57 Å². The minimum Gasteiger partial charge on any atom is -0.387 e. The van der Waals surface area contributed by atoms with Gasteiger partial charge in [-0.2, -0.15) is 0 Å². The van der Waals surface area contributed by atoms with E-state index in [-0.39, 0.29) is 25.7 Å². The Hall–Kier alpha value is -0.760. The van der Waals surface area contributed by atoms with Gasteiger partial charge >= 0.3 is 7.82 Å². The minimum absolute atomic E-state index is 0.0805. The molecule has 238 valence electrons. The molecule has 1 amide bonds. The number of phosphoric ester groups is 1. The van der Waals surface area contributed by atoms with Crippen molar-refractivity contribution in [1.29, 1.82) is 0 Å². The van der Waals surface area contributed by atoms with Gasteiger partial charge in [-0.05, 0) is 19.3 Å². The first kappa shape index (κ1) is 39.2. The van der Waals surface area contributed by atoms with Crippen molar-refractivity contribution < 1.29 is 28.4 Å². The van der Waals surface area contributed by atoms with Crippen LogP contribution in [0.5, 0.6) is 0 Å². The molecule has 0 rings (SSSR count). The highest BCUT2D eigenvalue weighted by molar-refractivity contribution is 7.47. The Morgan fingerprint density at radius 3 is 1.77 bits per heavy atom. The van der Waals surface area contributed by atoms with Gasteiger partial charge in [0.15, 0.2) is 0 Å². The maximum absolute atomic E-state index is 12.6. The largest absolute Gasteiger partial charge is 0.472 e. The van der Waals surface area contributed by atoms with E-state index in [0.29, 0.717) is 6.42 Å². The molecule has 3 unspecified atom stereocenters. The predicted molar refractivity (Wildman–Crippen MR) is 166 cm³/mol. The van der Waals surface area contributed by atoms with Crippen molar-refractivity contribution in [3.05, 3.63) is 12.2 Å². The van der Waals surface area contributed by atoms with Crippen molar-refractivity contribution in [2.45, 2.75) is 161 Å². The summed E-state index contributed by atoms with van der Waals surface area (Å²) in [4.78, 5) is 22.4. The van der Waals surface area contributed by atoms with Crippen molar-refractivity contribution in [2.75, 3.05) is 19.8 Å². The summed E-state index contributed by atoms with van der Waals surface area (Å²) in [6.07, 6.45) is 26.8. The molecule has 0 aliphatic heterocycles. The van der Waals surface area contributed by atoms with E-state index in [1.807, 2.05) is 6.08 Å². The normalized spacial score (nSPS) is 14.8. The summed E-state index contributed by atoms with van der Waals surface area (Å²) < 4.78 is 21.9. The zero-order valence-electron chi connectivity index (χ0n) is 25.8. The molecule has 0 aromatic rings. The molecule has 0 heterocycles. The predicted octanol–water partition coefficient (Wildman–Crippen LogP) is 7.71. The highest BCUT2D eigenvalue weighted by Crippen LogP contribution is 2.43. The summed E-state index contributed by atoms with van der Waals surface area (Å²) in [7, 11) is -4.32. The highest BCUT2D eigenvalue weighted by Gasteiger charge is 2.26. The lowest BCUT2D eigenvalue weighted by atomic mass is 10.1. The Morgan fingerprint density at radius 2 is 1.27 bits per heavy atom. The number of rotatable bonds is 30. The molecule has 0 aliphatic carbocycles. The zero-order valence-corrected chi connectivity index (χ0v) is 26.7. The van der Waals surface area contributed by atoms with Gasteiger partial charge in [-0.15, -0.1) is 0 Å². The topological polar surface area (TPSA) is 131 Å². The Bertz CT molecular complexity index is 649. The van der Waals surface area contributed by atoms with E-state index >= 15 is 0 Å². The second kappa shape index (κ2) is 28.4. The van der Waals surface area contributed by atoms with E-state index in [1.165, 1.54) is 89.9 Å². The molecular weight excluding hydrogens is 527 g/mol. The molecule has 0 aliphatic rings. The van der Waals surface area contributed by atoms with Crippen LogP contribution in [0, 0.1) is 0 Å². The maximum atomic E-state index is 12.6. The molecule has 0 spiro atoms. The number of aliphatic hydroxyl groups is 1. The Labute approximate surface area is 245 Å². The molecular formula is C31H63N2O6P. The quantitative estimate of drug-likeness (QED) is 0.0383. The number of nitrogens with one attached hydrogen (secondary N) is 1. The standard InChI is InChI=1S/C31H63N2O6P/c1-3-5-7-9-11-13-14-15-17-18-20-22-24-30(34)29(28-39-40(36,37)38-27-26-32)33-31(35)25-23-21-19-16-12-10-8-6-4-2/h22,24,29-30,34H,3-21,23,25-28,32H2,1-2H3,(H,33,35)(H,36,37)/b24-22+. The van der Waals surface area contributed by atoms with Crippen LogP contribution >= 0.6 is 7.82 Å². The fourth-order valence-corrected chi connectivity index (χ4v) is 5.36. The van der Waals surface area contributed by atoms with Gasteiger partial charge in [-0.3, -0.25) is 13.8 Å². The van der Waals surface area contributed by atoms with Crippen LogP contribution in [0.3, 0.4) is 0 Å². The summed E-state index contributed by atoms with van der Waals surface area (Å²) in [5.74, 6) is -0.200. The lowest BCUT2D eigenvalue weighted by Crippen LogP contribution is -2.45. The molecule has 0 fully saturated rings. The van der Waals surface area contributed by atoms with Crippen LogP contribution in [0.2, 0.25) is 0 Å². The molecule has 9 heteroatoms. The van der Waals surface area contributed by atoms with Crippen LogP contribution in [0.25, 0.3) is 0 Å². The van der Waals surface area contributed by atoms with Crippen molar-refractivity contribution in [3.8, 4) is 0 Å². The first-order valence-electron chi connectivity index (χ1n) is 16.3. The molecule has 0 saturated carbocycles. The number of unbranched alkanes of at least 4 members (excludes halogenated alkanes) is 18. The number of phosphoric acid groups is 1. The van der Waals surface area contributed by atoms with Gasteiger partial charge in [-0.1, -0.05) is 135 Å². The molecule has 0 aromatic carbocycles. The minimum atomic E-state index is -4.32. The first-order valence-corrected chi connectivity index (χ1v) is 17.8. The molecule has 3 atom stereocenters. The van der Waals surface area contributed by atoms with Crippen molar-refractivity contribution in [2.24, 2.45) is 5.73 Å². The van der Waals surface area contributed by atoms with Crippen LogP contribution in [0.15, 0.2) is 12.2 Å². The maximum Gasteiger partial charge on any atom is 0.472 e. The highest BCUT2D eigenvalue weighted by atomic mass is 31.2. The van der Waals surface area contributed by atoms with E-state index in [0.717, 1.165) is 38.5 Å². The van der Waals surface area contributed by atoms with Gasteiger partial charge in [0.25, 0.3) is 0 Å². The number of aliphatic hydroxyl groups excluding tert-OH is 1. The number of carbonyl (C=O) groups excluding carboxylic acids is 1. The molecule has 0 saturated heterocycles. The van der Waals surface area contributed by atoms with Crippen molar-refractivity contribution >= 4 is 13.7 Å². The lowest BCUT2D eigenvalue weighted by Gasteiger charge is -2.23. The smallest absolute Gasteiger partial charge is 0.387 e. The second-order valence-corrected chi connectivity index (χ2v) is 12.5. The fraction of sp³-hybridized carbons (Fsp3) is 0.903. The number of hydrogen-bond acceptors (Lipinski definition) is 6. The molecule has 5 N–H and O–H groups in total. The average Bonchev–Trinajstić information content (AvgIpc) is 2.93. The van der Waals surface area contributed by atoms with E-state index in [4.69, 9.17) is 14.8 Å². The summed E-state index contributed by atoms with van der Waals surface area (Å²) in [6.45, 7) is 4.08. The van der Waals surface area contributed by atoms with Crippen LogP contribution in [-0.4, -0.2) is 47.8 Å². The second-order valence-electron chi connectivity index (χ2n) is 11.0. The molecule has 0 radical (unpaired) electrons. The summed E-state index contributed by atoms with van der Waals surface area (Å²) in [5, 5.41) is 13.5. The van der Waals surface area contributed by atoms with Crippen molar-refractivity contribution in [3.63, 3.8) is 0 Å². The van der Waals surface area contributed by atoms with Crippen LogP contribution < -0.4 is 11.1 Å². The number of allylic oxidation sites excluding steroid dienone is 1. The van der Waals surface area contributed by atoms with Gasteiger partial charge in [0, 0.05) is 13.0 Å². The number of hydrogen-bond donors (Lipinski definition) is 4. The third-order valence-electron chi connectivity index (χ3n) is 7.11. The average molecular weight is 591 g/mol. The van der Waals surface area contributed by atoms with E-state index < -0.39 is 20.0 Å². The molecule has 8 nitrogen and oxygen atoms in total. The summed E-state index contributed by atoms with van der Waals surface area (Å²) in [6, 6.07) is -0.850. The third-order valence-corrected chi connectivity index (χ3v) is 8.10. The Balaban J connectivity index is 4.43. The van der Waals surface area contributed by atoms with Gasteiger partial charge in [0.05, 0.1) is 25.4 Å². The lowest BCUT2D eigenvalue weighted by molar-refractivity contribution is -0.123. The monoisotopic (exact) mass is 590 g/mol.